The minimum atomic E-state index is -0.186. The largest absolute Gasteiger partial charge is 0.469 e. The summed E-state index contributed by atoms with van der Waals surface area (Å²) in [5.74, 6) is 0.0685. The number of hydrogen-bond donors (Lipinski definition) is 0. The number of amides is 1. The SMILES string of the molecule is CCCCCCCCCC(=O)N1CC(C)C(C(=O)OC)C1. The van der Waals surface area contributed by atoms with Crippen LogP contribution in [-0.4, -0.2) is 37.0 Å². The van der Waals surface area contributed by atoms with Gasteiger partial charge in [0.2, 0.25) is 5.91 Å². The number of carbonyl (C=O) groups excluding carboxylic acids is 2. The topological polar surface area (TPSA) is 46.6 Å². The Labute approximate surface area is 129 Å². The molecular formula is C17H31NO3. The molecule has 4 nitrogen and oxygen atoms in total. The maximum Gasteiger partial charge on any atom is 0.310 e. The van der Waals surface area contributed by atoms with Gasteiger partial charge in [0, 0.05) is 19.5 Å². The fraction of sp³-hybridized carbons (Fsp3) is 0.882. The molecule has 21 heavy (non-hydrogen) atoms. The van der Waals surface area contributed by atoms with E-state index in [4.69, 9.17) is 4.74 Å². The van der Waals surface area contributed by atoms with Crippen molar-refractivity contribution in [2.75, 3.05) is 20.2 Å². The van der Waals surface area contributed by atoms with E-state index in [1.54, 1.807) is 0 Å². The third kappa shape index (κ3) is 6.06. The lowest BCUT2D eigenvalue weighted by Gasteiger charge is -2.15. The van der Waals surface area contributed by atoms with Crippen LogP contribution in [0.5, 0.6) is 0 Å². The summed E-state index contributed by atoms with van der Waals surface area (Å²) in [5.41, 5.74) is 0. The maximum atomic E-state index is 12.2. The molecule has 0 aromatic rings. The Hall–Kier alpha value is -1.06. The number of rotatable bonds is 9. The number of hydrogen-bond acceptors (Lipinski definition) is 3. The summed E-state index contributed by atoms with van der Waals surface area (Å²) in [4.78, 5) is 25.6. The van der Waals surface area contributed by atoms with Crippen molar-refractivity contribution in [2.24, 2.45) is 11.8 Å². The number of unbranched alkanes of at least 4 members (excludes halogenated alkanes) is 6. The van der Waals surface area contributed by atoms with Crippen LogP contribution >= 0.6 is 0 Å². The number of likely N-dealkylation sites (tertiary alicyclic amines) is 1. The van der Waals surface area contributed by atoms with E-state index in [1.807, 2.05) is 11.8 Å². The molecule has 1 fully saturated rings. The Balaban J connectivity index is 2.17. The summed E-state index contributed by atoms with van der Waals surface area (Å²) in [7, 11) is 1.41. The minimum Gasteiger partial charge on any atom is -0.469 e. The zero-order chi connectivity index (χ0) is 15.7. The number of carbonyl (C=O) groups is 2. The summed E-state index contributed by atoms with van der Waals surface area (Å²) in [6.45, 7) is 5.46. The summed E-state index contributed by atoms with van der Waals surface area (Å²) in [6.07, 6.45) is 9.15. The summed E-state index contributed by atoms with van der Waals surface area (Å²) in [6, 6.07) is 0. The highest BCUT2D eigenvalue weighted by atomic mass is 16.5. The van der Waals surface area contributed by atoms with Crippen molar-refractivity contribution in [3.05, 3.63) is 0 Å². The van der Waals surface area contributed by atoms with Crippen LogP contribution in [-0.2, 0) is 14.3 Å². The highest BCUT2D eigenvalue weighted by molar-refractivity contribution is 5.79. The Morgan fingerprint density at radius 3 is 2.29 bits per heavy atom. The Morgan fingerprint density at radius 1 is 1.05 bits per heavy atom. The molecule has 0 aromatic heterocycles. The van der Waals surface area contributed by atoms with Gasteiger partial charge in [0.25, 0.3) is 0 Å². The average molecular weight is 297 g/mol. The molecule has 1 saturated heterocycles. The van der Waals surface area contributed by atoms with Crippen LogP contribution in [0.25, 0.3) is 0 Å². The van der Waals surface area contributed by atoms with E-state index in [9.17, 15) is 9.59 Å². The van der Waals surface area contributed by atoms with Crippen LogP contribution in [0.15, 0.2) is 0 Å². The molecule has 4 heteroatoms. The Kier molecular flexibility index (Phi) is 8.40. The van der Waals surface area contributed by atoms with Crippen LogP contribution in [0.2, 0.25) is 0 Å². The lowest BCUT2D eigenvalue weighted by Crippen LogP contribution is -2.29. The number of nitrogens with zero attached hydrogens (tertiary/aromatic N) is 1. The fourth-order valence-electron chi connectivity index (χ4n) is 3.02. The van der Waals surface area contributed by atoms with E-state index >= 15 is 0 Å². The van der Waals surface area contributed by atoms with E-state index in [2.05, 4.69) is 6.92 Å². The predicted molar refractivity (Wildman–Crippen MR) is 83.9 cm³/mol. The van der Waals surface area contributed by atoms with Crippen molar-refractivity contribution >= 4 is 11.9 Å². The van der Waals surface area contributed by atoms with Gasteiger partial charge < -0.3 is 9.64 Å². The average Bonchev–Trinajstić information content (AvgIpc) is 2.87. The first kappa shape index (κ1) is 18.0. The molecule has 1 aliphatic rings. The van der Waals surface area contributed by atoms with E-state index in [0.717, 1.165) is 12.8 Å². The van der Waals surface area contributed by atoms with Gasteiger partial charge in [0.1, 0.15) is 0 Å². The van der Waals surface area contributed by atoms with E-state index < -0.39 is 0 Å². The second-order valence-corrected chi connectivity index (χ2v) is 6.28. The molecule has 0 spiro atoms. The molecule has 0 N–H and O–H groups in total. The van der Waals surface area contributed by atoms with Gasteiger partial charge in [-0.1, -0.05) is 52.4 Å². The normalized spacial score (nSPS) is 21.6. The molecule has 1 rings (SSSR count). The molecule has 1 amide bonds. The molecule has 122 valence electrons. The second-order valence-electron chi connectivity index (χ2n) is 6.28. The van der Waals surface area contributed by atoms with Crippen molar-refractivity contribution in [2.45, 2.75) is 65.2 Å². The van der Waals surface area contributed by atoms with Gasteiger partial charge in [-0.25, -0.2) is 0 Å². The van der Waals surface area contributed by atoms with Gasteiger partial charge in [0.05, 0.1) is 13.0 Å². The van der Waals surface area contributed by atoms with Gasteiger partial charge in [-0.05, 0) is 12.3 Å². The zero-order valence-corrected chi connectivity index (χ0v) is 13.9. The van der Waals surface area contributed by atoms with Gasteiger partial charge in [-0.15, -0.1) is 0 Å². The molecule has 0 bridgehead atoms. The number of ether oxygens (including phenoxy) is 1. The molecule has 2 atom stereocenters. The summed E-state index contributed by atoms with van der Waals surface area (Å²) in [5, 5.41) is 0. The quantitative estimate of drug-likeness (QED) is 0.484. The standard InChI is InChI=1S/C17H31NO3/c1-4-5-6-7-8-9-10-11-16(19)18-12-14(2)15(13-18)17(20)21-3/h14-15H,4-13H2,1-3H3. The lowest BCUT2D eigenvalue weighted by atomic mass is 9.99. The van der Waals surface area contributed by atoms with Crippen LogP contribution in [0, 0.1) is 11.8 Å². The predicted octanol–water partition coefficient (Wildman–Crippen LogP) is 3.39. The summed E-state index contributed by atoms with van der Waals surface area (Å²) >= 11 is 0. The first-order chi connectivity index (χ1) is 10.1. The van der Waals surface area contributed by atoms with Crippen molar-refractivity contribution in [3.8, 4) is 0 Å². The first-order valence-electron chi connectivity index (χ1n) is 8.45. The highest BCUT2D eigenvalue weighted by Gasteiger charge is 2.37. The highest BCUT2D eigenvalue weighted by Crippen LogP contribution is 2.25. The van der Waals surface area contributed by atoms with Crippen LogP contribution in [0.3, 0.4) is 0 Å². The van der Waals surface area contributed by atoms with Crippen molar-refractivity contribution in [1.82, 2.24) is 4.90 Å². The van der Waals surface area contributed by atoms with E-state index in [1.165, 1.54) is 39.2 Å². The molecule has 0 saturated carbocycles. The van der Waals surface area contributed by atoms with Gasteiger partial charge in [-0.3, -0.25) is 9.59 Å². The third-order valence-electron chi connectivity index (χ3n) is 4.46. The zero-order valence-electron chi connectivity index (χ0n) is 13.9. The van der Waals surface area contributed by atoms with Gasteiger partial charge in [-0.2, -0.15) is 0 Å². The molecule has 0 radical (unpaired) electrons. The monoisotopic (exact) mass is 297 g/mol. The smallest absolute Gasteiger partial charge is 0.310 e. The third-order valence-corrected chi connectivity index (χ3v) is 4.46. The van der Waals surface area contributed by atoms with Crippen molar-refractivity contribution in [3.63, 3.8) is 0 Å². The second kappa shape index (κ2) is 9.80. The van der Waals surface area contributed by atoms with Crippen LogP contribution in [0.4, 0.5) is 0 Å². The van der Waals surface area contributed by atoms with Crippen molar-refractivity contribution in [1.29, 1.82) is 0 Å². The molecular weight excluding hydrogens is 266 g/mol. The van der Waals surface area contributed by atoms with Crippen molar-refractivity contribution < 1.29 is 14.3 Å². The lowest BCUT2D eigenvalue weighted by molar-refractivity contribution is -0.146. The molecule has 2 unspecified atom stereocenters. The number of esters is 1. The first-order valence-corrected chi connectivity index (χ1v) is 8.45. The van der Waals surface area contributed by atoms with Gasteiger partial charge >= 0.3 is 5.97 Å². The van der Waals surface area contributed by atoms with E-state index in [0.29, 0.717) is 19.5 Å². The van der Waals surface area contributed by atoms with E-state index in [-0.39, 0.29) is 23.7 Å². The fourth-order valence-corrected chi connectivity index (χ4v) is 3.02. The van der Waals surface area contributed by atoms with Crippen LogP contribution < -0.4 is 0 Å². The summed E-state index contributed by atoms with van der Waals surface area (Å²) < 4.78 is 4.80. The number of methoxy groups -OCH3 is 1. The Bertz CT molecular complexity index is 330. The maximum absolute atomic E-state index is 12.2. The van der Waals surface area contributed by atoms with Gasteiger partial charge in [0.15, 0.2) is 0 Å². The molecule has 0 aliphatic carbocycles. The van der Waals surface area contributed by atoms with Crippen LogP contribution in [0.1, 0.15) is 65.2 Å². The molecule has 1 heterocycles. The molecule has 1 aliphatic heterocycles. The minimum absolute atomic E-state index is 0.145. The Morgan fingerprint density at radius 2 is 1.67 bits per heavy atom. The molecule has 0 aromatic carbocycles.